The van der Waals surface area contributed by atoms with Crippen molar-refractivity contribution in [2.24, 2.45) is 5.73 Å². The van der Waals surface area contributed by atoms with Gasteiger partial charge in [-0.15, -0.1) is 0 Å². The van der Waals surface area contributed by atoms with Crippen molar-refractivity contribution in [2.75, 3.05) is 0 Å². The Morgan fingerprint density at radius 1 is 1.10 bits per heavy atom. The second kappa shape index (κ2) is 5.86. The van der Waals surface area contributed by atoms with E-state index < -0.39 is 5.82 Å². The largest absolute Gasteiger partial charge is 0.454 e. The van der Waals surface area contributed by atoms with Gasteiger partial charge in [-0.25, -0.2) is 4.39 Å². The van der Waals surface area contributed by atoms with Crippen molar-refractivity contribution in [1.82, 2.24) is 0 Å². The molecule has 3 heteroatoms. The molecule has 2 aromatic rings. The molecule has 0 radical (unpaired) electrons. The lowest BCUT2D eigenvalue weighted by Gasteiger charge is -2.20. The number of hydrogen-bond acceptors (Lipinski definition) is 2. The van der Waals surface area contributed by atoms with Gasteiger partial charge in [0.2, 0.25) is 0 Å². The molecule has 0 heterocycles. The van der Waals surface area contributed by atoms with Crippen molar-refractivity contribution in [2.45, 2.75) is 39.2 Å². The average molecular weight is 287 g/mol. The van der Waals surface area contributed by atoms with Crippen molar-refractivity contribution >= 4 is 0 Å². The number of hydrogen-bond donors (Lipinski definition) is 1. The molecule has 2 N–H and O–H groups in total. The lowest BCUT2D eigenvalue weighted by molar-refractivity contribution is 0.431. The zero-order valence-corrected chi connectivity index (χ0v) is 13.0. The number of halogens is 1. The minimum Gasteiger partial charge on any atom is -0.454 e. The third-order valence-electron chi connectivity index (χ3n) is 3.41. The average Bonchev–Trinajstić information content (AvgIpc) is 2.40. The van der Waals surface area contributed by atoms with Gasteiger partial charge in [0.15, 0.2) is 11.6 Å². The predicted octanol–water partition coefficient (Wildman–Crippen LogP) is 4.94. The van der Waals surface area contributed by atoms with Crippen LogP contribution in [0, 0.1) is 5.82 Å². The van der Waals surface area contributed by atoms with Gasteiger partial charge in [0.25, 0.3) is 0 Å². The zero-order chi connectivity index (χ0) is 15.6. The molecule has 0 bridgehead atoms. The van der Waals surface area contributed by atoms with Crippen LogP contribution in [0.15, 0.2) is 42.5 Å². The number of para-hydroxylation sites is 1. The molecule has 0 fully saturated rings. The van der Waals surface area contributed by atoms with Gasteiger partial charge in [-0.3, -0.25) is 0 Å². The summed E-state index contributed by atoms with van der Waals surface area (Å²) in [6.07, 6.45) is 0. The van der Waals surface area contributed by atoms with Gasteiger partial charge >= 0.3 is 0 Å². The molecule has 0 aliphatic rings. The topological polar surface area (TPSA) is 35.2 Å². The van der Waals surface area contributed by atoms with Gasteiger partial charge in [-0.1, -0.05) is 45.0 Å². The number of rotatable bonds is 3. The fourth-order valence-corrected chi connectivity index (χ4v) is 2.14. The molecule has 21 heavy (non-hydrogen) atoms. The Balaban J connectivity index is 2.39. The Morgan fingerprint density at radius 3 is 2.38 bits per heavy atom. The molecule has 0 amide bonds. The fourth-order valence-electron chi connectivity index (χ4n) is 2.14. The Hall–Kier alpha value is -1.87. The summed E-state index contributed by atoms with van der Waals surface area (Å²) in [5.74, 6) is 0.430. The summed E-state index contributed by atoms with van der Waals surface area (Å²) in [4.78, 5) is 0. The first-order chi connectivity index (χ1) is 9.79. The molecule has 0 aromatic heterocycles. The van der Waals surface area contributed by atoms with Crippen LogP contribution >= 0.6 is 0 Å². The zero-order valence-electron chi connectivity index (χ0n) is 13.0. The fraction of sp³-hybridized carbons (Fsp3) is 0.333. The van der Waals surface area contributed by atoms with Gasteiger partial charge < -0.3 is 10.5 Å². The molecule has 1 atom stereocenters. The molecular weight excluding hydrogens is 265 g/mol. The molecule has 0 aliphatic heterocycles. The van der Waals surface area contributed by atoms with Gasteiger partial charge in [0.1, 0.15) is 5.75 Å². The van der Waals surface area contributed by atoms with Crippen LogP contribution in [0.5, 0.6) is 11.5 Å². The molecule has 0 aliphatic carbocycles. The summed E-state index contributed by atoms with van der Waals surface area (Å²) in [7, 11) is 0. The predicted molar refractivity (Wildman–Crippen MR) is 84.2 cm³/mol. The number of benzene rings is 2. The van der Waals surface area contributed by atoms with E-state index in [-0.39, 0.29) is 17.2 Å². The van der Waals surface area contributed by atoms with E-state index in [1.165, 1.54) is 6.07 Å². The van der Waals surface area contributed by atoms with Crippen LogP contribution in [-0.2, 0) is 5.41 Å². The molecule has 0 spiro atoms. The normalized spacial score (nSPS) is 13.0. The highest BCUT2D eigenvalue weighted by atomic mass is 19.1. The minimum atomic E-state index is -0.397. The molecule has 0 unspecified atom stereocenters. The van der Waals surface area contributed by atoms with Crippen molar-refractivity contribution < 1.29 is 9.13 Å². The maximum Gasteiger partial charge on any atom is 0.167 e. The Kier molecular flexibility index (Phi) is 4.33. The summed E-state index contributed by atoms with van der Waals surface area (Å²) >= 11 is 0. The second-order valence-corrected chi connectivity index (χ2v) is 6.33. The van der Waals surface area contributed by atoms with Crippen molar-refractivity contribution in [3.63, 3.8) is 0 Å². The first-order valence-corrected chi connectivity index (χ1v) is 7.11. The van der Waals surface area contributed by atoms with E-state index in [1.54, 1.807) is 12.1 Å². The van der Waals surface area contributed by atoms with Crippen molar-refractivity contribution in [1.29, 1.82) is 0 Å². The van der Waals surface area contributed by atoms with Gasteiger partial charge in [-0.05, 0) is 36.1 Å². The van der Waals surface area contributed by atoms with E-state index in [4.69, 9.17) is 10.5 Å². The van der Waals surface area contributed by atoms with Gasteiger partial charge in [0, 0.05) is 11.6 Å². The first kappa shape index (κ1) is 15.5. The van der Waals surface area contributed by atoms with Crippen LogP contribution in [-0.4, -0.2) is 0 Å². The third-order valence-corrected chi connectivity index (χ3v) is 3.41. The quantitative estimate of drug-likeness (QED) is 0.868. The monoisotopic (exact) mass is 287 g/mol. The highest BCUT2D eigenvalue weighted by Gasteiger charge is 2.17. The van der Waals surface area contributed by atoms with E-state index >= 15 is 0 Å². The molecule has 0 saturated carbocycles. The van der Waals surface area contributed by atoms with Crippen LogP contribution < -0.4 is 10.5 Å². The summed E-state index contributed by atoms with van der Waals surface area (Å²) in [5.41, 5.74) is 7.70. The molecule has 112 valence electrons. The highest BCUT2D eigenvalue weighted by molar-refractivity contribution is 5.42. The molecule has 2 rings (SSSR count). The van der Waals surface area contributed by atoms with E-state index in [9.17, 15) is 4.39 Å². The number of nitrogens with two attached hydrogens (primary N) is 1. The van der Waals surface area contributed by atoms with Crippen LogP contribution in [0.1, 0.15) is 44.9 Å². The van der Waals surface area contributed by atoms with Gasteiger partial charge in [-0.2, -0.15) is 0 Å². The van der Waals surface area contributed by atoms with E-state index in [1.807, 2.05) is 31.2 Å². The summed E-state index contributed by atoms with van der Waals surface area (Å²) in [6.45, 7) is 8.20. The first-order valence-electron chi connectivity index (χ1n) is 7.11. The molecular formula is C18H22FNO. The minimum absolute atomic E-state index is 0.0125. The van der Waals surface area contributed by atoms with Crippen molar-refractivity contribution in [3.05, 3.63) is 59.4 Å². The van der Waals surface area contributed by atoms with E-state index in [0.29, 0.717) is 11.3 Å². The highest BCUT2D eigenvalue weighted by Crippen LogP contribution is 2.33. The summed E-state index contributed by atoms with van der Waals surface area (Å²) in [6, 6.07) is 12.3. The summed E-state index contributed by atoms with van der Waals surface area (Å²) < 4.78 is 19.8. The second-order valence-electron chi connectivity index (χ2n) is 6.33. The SMILES string of the molecule is C[C@@H](N)c1cccc(F)c1Oc1cccc(C(C)(C)C)c1. The Labute approximate surface area is 125 Å². The maximum atomic E-state index is 14.1. The lowest BCUT2D eigenvalue weighted by atomic mass is 9.87. The van der Waals surface area contributed by atoms with Crippen LogP contribution in [0.3, 0.4) is 0 Å². The van der Waals surface area contributed by atoms with Crippen molar-refractivity contribution in [3.8, 4) is 11.5 Å². The maximum absolute atomic E-state index is 14.1. The molecule has 2 nitrogen and oxygen atoms in total. The van der Waals surface area contributed by atoms with Crippen LogP contribution in [0.4, 0.5) is 4.39 Å². The number of ether oxygens (including phenoxy) is 1. The van der Waals surface area contributed by atoms with E-state index in [0.717, 1.165) is 5.56 Å². The molecule has 2 aromatic carbocycles. The standard InChI is InChI=1S/C18H22FNO/c1-12(20)15-9-6-10-16(19)17(15)21-14-8-5-7-13(11-14)18(2,3)4/h5-12H,20H2,1-4H3/t12-/m1/s1. The Bertz CT molecular complexity index is 629. The van der Waals surface area contributed by atoms with E-state index in [2.05, 4.69) is 20.8 Å². The molecule has 0 saturated heterocycles. The Morgan fingerprint density at radius 2 is 1.76 bits per heavy atom. The smallest absolute Gasteiger partial charge is 0.167 e. The summed E-state index contributed by atoms with van der Waals surface area (Å²) in [5, 5.41) is 0. The van der Waals surface area contributed by atoms with Gasteiger partial charge in [0.05, 0.1) is 0 Å². The lowest BCUT2D eigenvalue weighted by Crippen LogP contribution is -2.11. The van der Waals surface area contributed by atoms with Crippen LogP contribution in [0.25, 0.3) is 0 Å². The third kappa shape index (κ3) is 3.61. The van der Waals surface area contributed by atoms with Crippen LogP contribution in [0.2, 0.25) is 0 Å².